The van der Waals surface area contributed by atoms with Gasteiger partial charge in [0.2, 0.25) is 11.8 Å². The van der Waals surface area contributed by atoms with Crippen LogP contribution in [0.4, 0.5) is 5.69 Å². The zero-order valence-corrected chi connectivity index (χ0v) is 14.5. The number of carbonyl (C=O) groups is 2. The highest BCUT2D eigenvalue weighted by atomic mass is 16.2. The van der Waals surface area contributed by atoms with Crippen LogP contribution in [0, 0.1) is 17.8 Å². The molecule has 0 spiro atoms. The molecule has 2 aliphatic rings. The number of hydrogen-bond donors (Lipinski definition) is 1. The Hall–Kier alpha value is -1.84. The van der Waals surface area contributed by atoms with Crippen molar-refractivity contribution in [2.75, 3.05) is 18.4 Å². The fourth-order valence-corrected chi connectivity index (χ4v) is 4.02. The van der Waals surface area contributed by atoms with Gasteiger partial charge in [-0.05, 0) is 56.6 Å². The molecule has 1 saturated carbocycles. The Morgan fingerprint density at radius 2 is 1.67 bits per heavy atom. The number of likely N-dealkylation sites (tertiary alicyclic amines) is 1. The van der Waals surface area contributed by atoms with Crippen LogP contribution in [0.15, 0.2) is 30.3 Å². The average molecular weight is 328 g/mol. The molecule has 3 rings (SSSR count). The molecule has 130 valence electrons. The molecule has 4 heteroatoms. The van der Waals surface area contributed by atoms with Crippen molar-refractivity contribution >= 4 is 17.5 Å². The summed E-state index contributed by atoms with van der Waals surface area (Å²) >= 11 is 0. The minimum absolute atomic E-state index is 0.0366. The van der Waals surface area contributed by atoms with Crippen LogP contribution in [-0.2, 0) is 9.59 Å². The highest BCUT2D eigenvalue weighted by Crippen LogP contribution is 2.32. The average Bonchev–Trinajstić information content (AvgIpc) is 2.62. The van der Waals surface area contributed by atoms with Crippen molar-refractivity contribution in [3.63, 3.8) is 0 Å². The molecule has 1 heterocycles. The van der Waals surface area contributed by atoms with Gasteiger partial charge in [-0.25, -0.2) is 0 Å². The van der Waals surface area contributed by atoms with Gasteiger partial charge in [-0.3, -0.25) is 9.59 Å². The van der Waals surface area contributed by atoms with Gasteiger partial charge in [-0.1, -0.05) is 25.1 Å². The van der Waals surface area contributed by atoms with Crippen LogP contribution in [0.2, 0.25) is 0 Å². The third-order valence-corrected chi connectivity index (χ3v) is 5.46. The van der Waals surface area contributed by atoms with Crippen molar-refractivity contribution < 1.29 is 9.59 Å². The van der Waals surface area contributed by atoms with E-state index in [9.17, 15) is 9.59 Å². The first-order valence-corrected chi connectivity index (χ1v) is 9.28. The molecule has 2 amide bonds. The Labute approximate surface area is 144 Å². The molecule has 1 N–H and O–H groups in total. The minimum atomic E-state index is 0.0366. The standard InChI is InChI=1S/C20H28N2O2/c1-15-6-5-13-22(14-15)20(24)17-11-9-16(10-12-17)19(23)21-18-7-3-2-4-8-18/h2-4,7-8,15-17H,5-6,9-14H2,1H3,(H,21,23). The van der Waals surface area contributed by atoms with Crippen LogP contribution in [0.1, 0.15) is 45.4 Å². The topological polar surface area (TPSA) is 49.4 Å². The highest BCUT2D eigenvalue weighted by Gasteiger charge is 2.33. The van der Waals surface area contributed by atoms with Crippen molar-refractivity contribution in [1.82, 2.24) is 4.90 Å². The van der Waals surface area contributed by atoms with E-state index in [2.05, 4.69) is 17.1 Å². The predicted molar refractivity (Wildman–Crippen MR) is 95.5 cm³/mol. The third-order valence-electron chi connectivity index (χ3n) is 5.46. The van der Waals surface area contributed by atoms with E-state index >= 15 is 0 Å². The molecule has 0 radical (unpaired) electrons. The van der Waals surface area contributed by atoms with Crippen LogP contribution in [0.3, 0.4) is 0 Å². The van der Waals surface area contributed by atoms with E-state index in [1.165, 1.54) is 6.42 Å². The first-order chi connectivity index (χ1) is 11.6. The van der Waals surface area contributed by atoms with Crippen molar-refractivity contribution in [1.29, 1.82) is 0 Å². The second-order valence-electron chi connectivity index (χ2n) is 7.44. The summed E-state index contributed by atoms with van der Waals surface area (Å²) in [6.45, 7) is 4.05. The smallest absolute Gasteiger partial charge is 0.227 e. The van der Waals surface area contributed by atoms with Crippen molar-refractivity contribution in [2.45, 2.75) is 45.4 Å². The summed E-state index contributed by atoms with van der Waals surface area (Å²) in [6, 6.07) is 9.60. The molecule has 0 bridgehead atoms. The first-order valence-electron chi connectivity index (χ1n) is 9.28. The molecule has 1 aliphatic carbocycles. The number of benzene rings is 1. The Kier molecular flexibility index (Phi) is 5.54. The van der Waals surface area contributed by atoms with Gasteiger partial charge in [0, 0.05) is 30.6 Å². The van der Waals surface area contributed by atoms with Crippen LogP contribution >= 0.6 is 0 Å². The van der Waals surface area contributed by atoms with Crippen LogP contribution in [-0.4, -0.2) is 29.8 Å². The number of amides is 2. The number of piperidine rings is 1. The lowest BCUT2D eigenvalue weighted by Gasteiger charge is -2.35. The Bertz CT molecular complexity index is 564. The maximum absolute atomic E-state index is 12.7. The van der Waals surface area contributed by atoms with Gasteiger partial charge in [-0.15, -0.1) is 0 Å². The summed E-state index contributed by atoms with van der Waals surface area (Å²) < 4.78 is 0. The van der Waals surface area contributed by atoms with Gasteiger partial charge in [0.05, 0.1) is 0 Å². The molecular formula is C20H28N2O2. The van der Waals surface area contributed by atoms with Crippen LogP contribution < -0.4 is 5.32 Å². The number of rotatable bonds is 3. The van der Waals surface area contributed by atoms with Gasteiger partial charge in [0.15, 0.2) is 0 Å². The molecule has 24 heavy (non-hydrogen) atoms. The predicted octanol–water partition coefficient (Wildman–Crippen LogP) is 3.69. The molecular weight excluding hydrogens is 300 g/mol. The fraction of sp³-hybridized carbons (Fsp3) is 0.600. The molecule has 1 aromatic rings. The van der Waals surface area contributed by atoms with Crippen molar-refractivity contribution in [3.05, 3.63) is 30.3 Å². The lowest BCUT2D eigenvalue weighted by molar-refractivity contribution is -0.139. The second-order valence-corrected chi connectivity index (χ2v) is 7.44. The summed E-state index contributed by atoms with van der Waals surface area (Å²) in [5, 5.41) is 2.99. The van der Waals surface area contributed by atoms with Gasteiger partial charge in [-0.2, -0.15) is 0 Å². The summed E-state index contributed by atoms with van der Waals surface area (Å²) in [6.07, 6.45) is 5.68. The Morgan fingerprint density at radius 1 is 1.00 bits per heavy atom. The molecule has 1 aromatic carbocycles. The summed E-state index contributed by atoms with van der Waals surface area (Å²) in [7, 11) is 0. The SMILES string of the molecule is CC1CCCN(C(=O)C2CCC(C(=O)Nc3ccccc3)CC2)C1. The molecule has 1 saturated heterocycles. The largest absolute Gasteiger partial charge is 0.342 e. The number of anilines is 1. The van der Waals surface area contributed by atoms with E-state index in [0.29, 0.717) is 11.8 Å². The highest BCUT2D eigenvalue weighted by molar-refractivity contribution is 5.92. The molecule has 2 fully saturated rings. The number of nitrogens with zero attached hydrogens (tertiary/aromatic N) is 1. The Morgan fingerprint density at radius 3 is 2.33 bits per heavy atom. The lowest BCUT2D eigenvalue weighted by atomic mass is 9.80. The van der Waals surface area contributed by atoms with Crippen molar-refractivity contribution in [2.24, 2.45) is 17.8 Å². The van der Waals surface area contributed by atoms with Crippen molar-refractivity contribution in [3.8, 4) is 0 Å². The van der Waals surface area contributed by atoms with E-state index in [1.54, 1.807) is 0 Å². The molecule has 1 unspecified atom stereocenters. The quantitative estimate of drug-likeness (QED) is 0.920. The van der Waals surface area contributed by atoms with E-state index in [-0.39, 0.29) is 17.7 Å². The molecule has 1 aliphatic heterocycles. The normalized spacial score (nSPS) is 27.5. The van der Waals surface area contributed by atoms with Crippen LogP contribution in [0.5, 0.6) is 0 Å². The van der Waals surface area contributed by atoms with Gasteiger partial charge in [0.25, 0.3) is 0 Å². The third kappa shape index (κ3) is 4.16. The molecule has 1 atom stereocenters. The second kappa shape index (κ2) is 7.82. The zero-order chi connectivity index (χ0) is 16.9. The summed E-state index contributed by atoms with van der Waals surface area (Å²) in [5.74, 6) is 1.20. The number of para-hydroxylation sites is 1. The van der Waals surface area contributed by atoms with Gasteiger partial charge >= 0.3 is 0 Å². The van der Waals surface area contributed by atoms with E-state index < -0.39 is 0 Å². The molecule has 4 nitrogen and oxygen atoms in total. The number of carbonyl (C=O) groups excluding carboxylic acids is 2. The van der Waals surface area contributed by atoms with E-state index in [4.69, 9.17) is 0 Å². The first kappa shape index (κ1) is 17.0. The zero-order valence-electron chi connectivity index (χ0n) is 14.5. The van der Waals surface area contributed by atoms with E-state index in [1.807, 2.05) is 30.3 Å². The Balaban J connectivity index is 1.48. The maximum atomic E-state index is 12.7. The lowest BCUT2D eigenvalue weighted by Crippen LogP contribution is -2.43. The monoisotopic (exact) mass is 328 g/mol. The fourth-order valence-electron chi connectivity index (χ4n) is 4.02. The van der Waals surface area contributed by atoms with Crippen LogP contribution in [0.25, 0.3) is 0 Å². The summed E-state index contributed by atoms with van der Waals surface area (Å²) in [4.78, 5) is 27.1. The minimum Gasteiger partial charge on any atom is -0.342 e. The summed E-state index contributed by atoms with van der Waals surface area (Å²) in [5.41, 5.74) is 0.850. The molecule has 0 aromatic heterocycles. The van der Waals surface area contributed by atoms with Gasteiger partial charge in [0.1, 0.15) is 0 Å². The number of nitrogens with one attached hydrogen (secondary N) is 1. The maximum Gasteiger partial charge on any atom is 0.227 e. The number of hydrogen-bond acceptors (Lipinski definition) is 2. The van der Waals surface area contributed by atoms with E-state index in [0.717, 1.165) is 50.9 Å². The van der Waals surface area contributed by atoms with Gasteiger partial charge < -0.3 is 10.2 Å².